The van der Waals surface area contributed by atoms with Crippen LogP contribution in [0.3, 0.4) is 0 Å². The first-order valence-electron chi connectivity index (χ1n) is 10.4. The Kier molecular flexibility index (Phi) is 4.01. The molecule has 6 nitrogen and oxygen atoms in total. The number of anilines is 1. The van der Waals surface area contributed by atoms with Gasteiger partial charge in [0.05, 0.1) is 5.69 Å². The van der Waals surface area contributed by atoms with E-state index in [-0.39, 0.29) is 0 Å². The van der Waals surface area contributed by atoms with Crippen molar-refractivity contribution in [3.63, 3.8) is 0 Å². The minimum Gasteiger partial charge on any atom is -0.361 e. The number of aromatic nitrogens is 5. The number of piperidine rings is 1. The van der Waals surface area contributed by atoms with Crippen molar-refractivity contribution < 1.29 is 0 Å². The van der Waals surface area contributed by atoms with Crippen molar-refractivity contribution in [2.75, 3.05) is 18.0 Å². The Morgan fingerprint density at radius 3 is 2.60 bits per heavy atom. The molecule has 0 bridgehead atoms. The SMILES string of the molecule is c1ccc(-c2cc(N3CCC(c4c[nH]c5ccccc45)CC3)n3ncnc3n2)cc1. The zero-order valence-electron chi connectivity index (χ0n) is 16.6. The molecular formula is C24H22N6. The number of nitrogens with zero attached hydrogens (tertiary/aromatic N) is 5. The van der Waals surface area contributed by atoms with Gasteiger partial charge >= 0.3 is 0 Å². The molecule has 0 radical (unpaired) electrons. The van der Waals surface area contributed by atoms with Crippen LogP contribution in [0.2, 0.25) is 0 Å². The maximum absolute atomic E-state index is 4.71. The third-order valence-corrected chi connectivity index (χ3v) is 6.18. The Morgan fingerprint density at radius 1 is 0.933 bits per heavy atom. The van der Waals surface area contributed by atoms with Crippen molar-refractivity contribution in [2.45, 2.75) is 18.8 Å². The zero-order chi connectivity index (χ0) is 19.9. The van der Waals surface area contributed by atoms with Crippen molar-refractivity contribution in [1.29, 1.82) is 0 Å². The predicted molar refractivity (Wildman–Crippen MR) is 119 cm³/mol. The van der Waals surface area contributed by atoms with Crippen LogP contribution in [0.4, 0.5) is 5.82 Å². The molecule has 3 aromatic heterocycles. The van der Waals surface area contributed by atoms with Crippen LogP contribution in [0.15, 0.2) is 73.2 Å². The van der Waals surface area contributed by atoms with Gasteiger partial charge in [-0.05, 0) is 30.4 Å². The van der Waals surface area contributed by atoms with Crippen LogP contribution in [0, 0.1) is 0 Å². The number of hydrogen-bond donors (Lipinski definition) is 1. The predicted octanol–water partition coefficient (Wildman–Crippen LogP) is 4.66. The molecule has 4 heterocycles. The highest BCUT2D eigenvalue weighted by Gasteiger charge is 2.25. The summed E-state index contributed by atoms with van der Waals surface area (Å²) in [4.78, 5) is 14.9. The Balaban J connectivity index is 1.31. The number of nitrogens with one attached hydrogen (secondary N) is 1. The third-order valence-electron chi connectivity index (χ3n) is 6.18. The van der Waals surface area contributed by atoms with Crippen LogP contribution in [0.25, 0.3) is 27.9 Å². The molecule has 30 heavy (non-hydrogen) atoms. The van der Waals surface area contributed by atoms with E-state index in [4.69, 9.17) is 4.98 Å². The molecule has 0 atom stereocenters. The van der Waals surface area contributed by atoms with Gasteiger partial charge in [-0.15, -0.1) is 0 Å². The van der Waals surface area contributed by atoms with E-state index in [0.717, 1.165) is 43.0 Å². The van der Waals surface area contributed by atoms with Crippen molar-refractivity contribution in [3.05, 3.63) is 78.8 Å². The Hall–Kier alpha value is -3.67. The smallest absolute Gasteiger partial charge is 0.254 e. The summed E-state index contributed by atoms with van der Waals surface area (Å²) >= 11 is 0. The minimum atomic E-state index is 0.569. The van der Waals surface area contributed by atoms with E-state index in [0.29, 0.717) is 11.7 Å². The van der Waals surface area contributed by atoms with Gasteiger partial charge in [0.2, 0.25) is 0 Å². The average molecular weight is 394 g/mol. The van der Waals surface area contributed by atoms with Crippen molar-refractivity contribution >= 4 is 22.5 Å². The Labute approximate surface area is 174 Å². The van der Waals surface area contributed by atoms with Crippen LogP contribution >= 0.6 is 0 Å². The van der Waals surface area contributed by atoms with E-state index in [1.807, 2.05) is 22.7 Å². The Bertz CT molecular complexity index is 1310. The summed E-state index contributed by atoms with van der Waals surface area (Å²) < 4.78 is 1.86. The lowest BCUT2D eigenvalue weighted by atomic mass is 9.89. The molecule has 2 aromatic carbocycles. The summed E-state index contributed by atoms with van der Waals surface area (Å²) in [5.41, 5.74) is 4.69. The molecular weight excluding hydrogens is 372 g/mol. The molecule has 1 aliphatic heterocycles. The number of H-pyrrole nitrogens is 1. The summed E-state index contributed by atoms with van der Waals surface area (Å²) in [6.45, 7) is 1.97. The normalized spacial score (nSPS) is 15.3. The summed E-state index contributed by atoms with van der Waals surface area (Å²) in [5.74, 6) is 2.28. The van der Waals surface area contributed by atoms with Gasteiger partial charge in [-0.2, -0.15) is 14.6 Å². The monoisotopic (exact) mass is 394 g/mol. The quantitative estimate of drug-likeness (QED) is 0.484. The van der Waals surface area contributed by atoms with E-state index in [9.17, 15) is 0 Å². The maximum atomic E-state index is 4.71. The highest BCUT2D eigenvalue weighted by atomic mass is 15.4. The number of para-hydroxylation sites is 1. The van der Waals surface area contributed by atoms with Gasteiger partial charge in [-0.3, -0.25) is 0 Å². The highest BCUT2D eigenvalue weighted by Crippen LogP contribution is 2.35. The number of fused-ring (bicyclic) bond motifs is 2. The summed E-state index contributed by atoms with van der Waals surface area (Å²) in [6, 6.07) is 21.0. The molecule has 0 spiro atoms. The second-order valence-electron chi connectivity index (χ2n) is 7.89. The van der Waals surface area contributed by atoms with Crippen molar-refractivity contribution in [1.82, 2.24) is 24.6 Å². The fourth-order valence-corrected chi connectivity index (χ4v) is 4.63. The van der Waals surface area contributed by atoms with Gasteiger partial charge in [0.25, 0.3) is 5.78 Å². The van der Waals surface area contributed by atoms with Crippen molar-refractivity contribution in [3.8, 4) is 11.3 Å². The van der Waals surface area contributed by atoms with Crippen LogP contribution in [0.1, 0.15) is 24.3 Å². The van der Waals surface area contributed by atoms with Crippen LogP contribution in [-0.4, -0.2) is 37.7 Å². The van der Waals surface area contributed by atoms with Crippen LogP contribution in [-0.2, 0) is 0 Å². The van der Waals surface area contributed by atoms with E-state index < -0.39 is 0 Å². The average Bonchev–Trinajstić information content (AvgIpc) is 3.46. The molecule has 0 unspecified atom stereocenters. The Morgan fingerprint density at radius 2 is 1.73 bits per heavy atom. The zero-order valence-corrected chi connectivity index (χ0v) is 16.6. The lowest BCUT2D eigenvalue weighted by Crippen LogP contribution is -2.34. The number of rotatable bonds is 3. The largest absolute Gasteiger partial charge is 0.361 e. The lowest BCUT2D eigenvalue weighted by molar-refractivity contribution is 0.502. The molecule has 6 rings (SSSR count). The second-order valence-corrected chi connectivity index (χ2v) is 7.89. The minimum absolute atomic E-state index is 0.569. The number of hydrogen-bond acceptors (Lipinski definition) is 4. The second kappa shape index (κ2) is 6.99. The molecule has 1 fully saturated rings. The summed E-state index contributed by atoms with van der Waals surface area (Å²) in [7, 11) is 0. The molecule has 1 aliphatic rings. The van der Waals surface area contributed by atoms with E-state index in [1.54, 1.807) is 6.33 Å². The van der Waals surface area contributed by atoms with Gasteiger partial charge in [0, 0.05) is 41.8 Å². The number of benzene rings is 2. The summed E-state index contributed by atoms with van der Waals surface area (Å²) in [6.07, 6.45) is 6.00. The third kappa shape index (κ3) is 2.84. The molecule has 148 valence electrons. The summed E-state index contributed by atoms with van der Waals surface area (Å²) in [5, 5.41) is 5.79. The topological polar surface area (TPSA) is 62.1 Å². The van der Waals surface area contributed by atoms with Gasteiger partial charge < -0.3 is 9.88 Å². The first-order valence-corrected chi connectivity index (χ1v) is 10.4. The van der Waals surface area contributed by atoms with Gasteiger partial charge in [0.1, 0.15) is 12.1 Å². The van der Waals surface area contributed by atoms with Gasteiger partial charge in [0.15, 0.2) is 0 Å². The van der Waals surface area contributed by atoms with Crippen molar-refractivity contribution in [2.24, 2.45) is 0 Å². The van der Waals surface area contributed by atoms with Gasteiger partial charge in [-0.25, -0.2) is 4.98 Å². The molecule has 1 saturated heterocycles. The van der Waals surface area contributed by atoms with E-state index in [2.05, 4.69) is 68.6 Å². The van der Waals surface area contributed by atoms with E-state index in [1.165, 1.54) is 16.5 Å². The lowest BCUT2D eigenvalue weighted by Gasteiger charge is -2.33. The fourth-order valence-electron chi connectivity index (χ4n) is 4.63. The van der Waals surface area contributed by atoms with Crippen LogP contribution in [0.5, 0.6) is 0 Å². The highest BCUT2D eigenvalue weighted by molar-refractivity contribution is 5.83. The maximum Gasteiger partial charge on any atom is 0.254 e. The van der Waals surface area contributed by atoms with E-state index >= 15 is 0 Å². The molecule has 0 aliphatic carbocycles. The molecule has 0 saturated carbocycles. The van der Waals surface area contributed by atoms with Crippen LogP contribution < -0.4 is 4.90 Å². The molecule has 6 heteroatoms. The molecule has 0 amide bonds. The standard InChI is InChI=1S/C24H22N6/c1-2-6-18(7-3-1)22-14-23(30-24(28-22)26-16-27-30)29-12-10-17(11-13-29)20-15-25-21-9-5-4-8-19(20)21/h1-9,14-17,25H,10-13H2. The molecule has 1 N–H and O–H groups in total. The first-order chi connectivity index (χ1) is 14.9. The first kappa shape index (κ1) is 17.2. The number of aromatic amines is 1. The molecule has 5 aromatic rings. The van der Waals surface area contributed by atoms with Gasteiger partial charge in [-0.1, -0.05) is 48.5 Å². The fraction of sp³-hybridized carbons (Fsp3) is 0.208.